The lowest BCUT2D eigenvalue weighted by Gasteiger charge is -2.19. The quantitative estimate of drug-likeness (QED) is 0.827. The van der Waals surface area contributed by atoms with Crippen molar-refractivity contribution in [1.82, 2.24) is 5.32 Å². The van der Waals surface area contributed by atoms with E-state index in [9.17, 15) is 5.11 Å². The van der Waals surface area contributed by atoms with Crippen molar-refractivity contribution in [1.29, 1.82) is 0 Å². The Balaban J connectivity index is 1.76. The second-order valence-electron chi connectivity index (χ2n) is 6.04. The standard InChI is InChI=1S/C16H27NOS/c1-11-8-16(13(3)19-11)12(2)17-10-15(18)9-14-6-4-5-7-14/h8,12,14-15,17-18H,4-7,9-10H2,1-3H3. The van der Waals surface area contributed by atoms with Crippen LogP contribution in [0, 0.1) is 19.8 Å². The molecule has 1 heterocycles. The predicted octanol–water partition coefficient (Wildman–Crippen LogP) is 3.96. The Morgan fingerprint density at radius 2 is 2.05 bits per heavy atom. The van der Waals surface area contributed by atoms with E-state index in [1.54, 1.807) is 0 Å². The van der Waals surface area contributed by atoms with Crippen molar-refractivity contribution in [2.24, 2.45) is 5.92 Å². The van der Waals surface area contributed by atoms with Gasteiger partial charge in [0.05, 0.1) is 6.10 Å². The number of hydrogen-bond donors (Lipinski definition) is 2. The maximum Gasteiger partial charge on any atom is 0.0667 e. The van der Waals surface area contributed by atoms with Crippen LogP contribution in [0.4, 0.5) is 0 Å². The molecule has 1 aliphatic rings. The zero-order chi connectivity index (χ0) is 13.8. The van der Waals surface area contributed by atoms with E-state index >= 15 is 0 Å². The van der Waals surface area contributed by atoms with Crippen LogP contribution in [0.25, 0.3) is 0 Å². The van der Waals surface area contributed by atoms with E-state index in [1.165, 1.54) is 41.0 Å². The third kappa shape index (κ3) is 4.30. The minimum atomic E-state index is -0.189. The highest BCUT2D eigenvalue weighted by molar-refractivity contribution is 7.12. The smallest absolute Gasteiger partial charge is 0.0667 e. The maximum absolute atomic E-state index is 10.1. The molecule has 0 aromatic carbocycles. The minimum absolute atomic E-state index is 0.189. The van der Waals surface area contributed by atoms with E-state index in [-0.39, 0.29) is 6.10 Å². The number of rotatable bonds is 6. The summed E-state index contributed by atoms with van der Waals surface area (Å²) in [5.74, 6) is 0.761. The third-order valence-corrected chi connectivity index (χ3v) is 5.27. The molecular weight excluding hydrogens is 254 g/mol. The molecule has 2 unspecified atom stereocenters. The van der Waals surface area contributed by atoms with Gasteiger partial charge < -0.3 is 10.4 Å². The van der Waals surface area contributed by atoms with Gasteiger partial charge in [-0.2, -0.15) is 0 Å². The Morgan fingerprint density at radius 1 is 1.37 bits per heavy atom. The molecule has 1 saturated carbocycles. The molecule has 0 amide bonds. The molecule has 19 heavy (non-hydrogen) atoms. The van der Waals surface area contributed by atoms with Crippen LogP contribution in [0.1, 0.15) is 60.4 Å². The molecule has 0 bridgehead atoms. The van der Waals surface area contributed by atoms with Gasteiger partial charge in [0.15, 0.2) is 0 Å². The van der Waals surface area contributed by atoms with E-state index < -0.39 is 0 Å². The van der Waals surface area contributed by atoms with E-state index in [2.05, 4.69) is 32.2 Å². The van der Waals surface area contributed by atoms with Gasteiger partial charge in [-0.3, -0.25) is 0 Å². The van der Waals surface area contributed by atoms with Crippen LogP contribution in [0.3, 0.4) is 0 Å². The normalized spacial score (nSPS) is 19.8. The maximum atomic E-state index is 10.1. The van der Waals surface area contributed by atoms with E-state index in [1.807, 2.05) is 11.3 Å². The van der Waals surface area contributed by atoms with Crippen molar-refractivity contribution in [3.05, 3.63) is 21.4 Å². The van der Waals surface area contributed by atoms with Gasteiger partial charge in [0.25, 0.3) is 0 Å². The topological polar surface area (TPSA) is 32.3 Å². The first-order valence-corrected chi connectivity index (χ1v) is 8.36. The second kappa shape index (κ2) is 6.87. The summed E-state index contributed by atoms with van der Waals surface area (Å²) in [6.07, 6.45) is 6.13. The van der Waals surface area contributed by atoms with Crippen LogP contribution < -0.4 is 5.32 Å². The molecule has 0 aliphatic heterocycles. The Kier molecular flexibility index (Phi) is 5.43. The van der Waals surface area contributed by atoms with Crippen LogP contribution in [-0.2, 0) is 0 Å². The zero-order valence-corrected chi connectivity index (χ0v) is 13.2. The summed E-state index contributed by atoms with van der Waals surface area (Å²) in [7, 11) is 0. The van der Waals surface area contributed by atoms with Crippen LogP contribution in [0.2, 0.25) is 0 Å². The van der Waals surface area contributed by atoms with Crippen LogP contribution in [0.15, 0.2) is 6.07 Å². The average molecular weight is 281 g/mol. The molecule has 2 atom stereocenters. The van der Waals surface area contributed by atoms with Gasteiger partial charge in [-0.25, -0.2) is 0 Å². The number of aliphatic hydroxyl groups excluding tert-OH is 1. The summed E-state index contributed by atoms with van der Waals surface area (Å²) in [5, 5.41) is 13.6. The summed E-state index contributed by atoms with van der Waals surface area (Å²) >= 11 is 1.86. The molecule has 0 spiro atoms. The fourth-order valence-electron chi connectivity index (χ4n) is 3.22. The van der Waals surface area contributed by atoms with Crippen molar-refractivity contribution in [2.75, 3.05) is 6.54 Å². The summed E-state index contributed by atoms with van der Waals surface area (Å²) in [4.78, 5) is 2.76. The lowest BCUT2D eigenvalue weighted by atomic mass is 10.00. The van der Waals surface area contributed by atoms with Gasteiger partial charge in [-0.1, -0.05) is 25.7 Å². The van der Waals surface area contributed by atoms with Gasteiger partial charge in [0, 0.05) is 22.3 Å². The minimum Gasteiger partial charge on any atom is -0.392 e. The molecule has 2 N–H and O–H groups in total. The summed E-state index contributed by atoms with van der Waals surface area (Å²) in [5.41, 5.74) is 1.38. The number of thiophene rings is 1. The van der Waals surface area contributed by atoms with Gasteiger partial charge >= 0.3 is 0 Å². The van der Waals surface area contributed by atoms with Gasteiger partial charge in [0.2, 0.25) is 0 Å². The molecule has 1 fully saturated rings. The highest BCUT2D eigenvalue weighted by Gasteiger charge is 2.19. The van der Waals surface area contributed by atoms with Crippen molar-refractivity contribution in [3.8, 4) is 0 Å². The molecule has 1 aliphatic carbocycles. The first-order chi connectivity index (χ1) is 9.06. The van der Waals surface area contributed by atoms with E-state index in [0.29, 0.717) is 12.6 Å². The average Bonchev–Trinajstić information content (AvgIpc) is 2.96. The highest BCUT2D eigenvalue weighted by Crippen LogP contribution is 2.29. The molecule has 1 aromatic heterocycles. The fourth-order valence-corrected chi connectivity index (χ4v) is 4.24. The Morgan fingerprint density at radius 3 is 2.63 bits per heavy atom. The van der Waals surface area contributed by atoms with Gasteiger partial charge in [0.1, 0.15) is 0 Å². The summed E-state index contributed by atoms with van der Waals surface area (Å²) in [6.45, 7) is 7.24. The number of nitrogens with one attached hydrogen (secondary N) is 1. The molecular formula is C16H27NOS. The third-order valence-electron chi connectivity index (χ3n) is 4.29. The van der Waals surface area contributed by atoms with E-state index in [4.69, 9.17) is 0 Å². The molecule has 2 rings (SSSR count). The van der Waals surface area contributed by atoms with Gasteiger partial charge in [-0.05, 0) is 44.7 Å². The van der Waals surface area contributed by atoms with Gasteiger partial charge in [-0.15, -0.1) is 11.3 Å². The largest absolute Gasteiger partial charge is 0.392 e. The lowest BCUT2D eigenvalue weighted by molar-refractivity contribution is 0.137. The summed E-state index contributed by atoms with van der Waals surface area (Å²) in [6, 6.07) is 2.60. The lowest BCUT2D eigenvalue weighted by Crippen LogP contribution is -2.30. The Labute approximate surface area is 121 Å². The molecule has 0 radical (unpaired) electrons. The number of aliphatic hydroxyl groups is 1. The van der Waals surface area contributed by atoms with Crippen LogP contribution in [0.5, 0.6) is 0 Å². The van der Waals surface area contributed by atoms with Crippen molar-refractivity contribution in [3.63, 3.8) is 0 Å². The van der Waals surface area contributed by atoms with Crippen molar-refractivity contribution in [2.45, 2.75) is 65.0 Å². The first kappa shape index (κ1) is 15.0. The highest BCUT2D eigenvalue weighted by atomic mass is 32.1. The SMILES string of the molecule is Cc1cc(C(C)NCC(O)CC2CCCC2)c(C)s1. The Bertz CT molecular complexity index is 395. The molecule has 1 aromatic rings. The molecule has 2 nitrogen and oxygen atoms in total. The second-order valence-corrected chi connectivity index (χ2v) is 7.50. The number of hydrogen-bond acceptors (Lipinski definition) is 3. The number of aryl methyl sites for hydroxylation is 2. The molecule has 0 saturated heterocycles. The monoisotopic (exact) mass is 281 g/mol. The van der Waals surface area contributed by atoms with Crippen LogP contribution >= 0.6 is 11.3 Å². The van der Waals surface area contributed by atoms with Crippen LogP contribution in [-0.4, -0.2) is 17.8 Å². The molecule has 3 heteroatoms. The zero-order valence-electron chi connectivity index (χ0n) is 12.4. The van der Waals surface area contributed by atoms with Crippen molar-refractivity contribution < 1.29 is 5.11 Å². The van der Waals surface area contributed by atoms with E-state index in [0.717, 1.165) is 12.3 Å². The van der Waals surface area contributed by atoms with Crippen molar-refractivity contribution >= 4 is 11.3 Å². The summed E-state index contributed by atoms with van der Waals surface area (Å²) < 4.78 is 0. The molecule has 108 valence electrons. The Hall–Kier alpha value is -0.380. The first-order valence-electron chi connectivity index (χ1n) is 7.54. The predicted molar refractivity (Wildman–Crippen MR) is 82.8 cm³/mol. The fraction of sp³-hybridized carbons (Fsp3) is 0.750.